The second-order valence-electron chi connectivity index (χ2n) is 13.2. The molecular formula is C33H48O23. The molecule has 1 aromatic rings. The molecule has 3 aliphatic heterocycles. The first-order chi connectivity index (χ1) is 26.5. The van der Waals surface area contributed by atoms with Crippen LogP contribution in [0.15, 0.2) is 24.3 Å². The van der Waals surface area contributed by atoms with E-state index < -0.39 is 155 Å². The topological polar surface area (TPSA) is 357 Å². The van der Waals surface area contributed by atoms with Gasteiger partial charge in [0.15, 0.2) is 18.2 Å². The molecule has 0 unspecified atom stereocenters. The van der Waals surface area contributed by atoms with Gasteiger partial charge in [-0.3, -0.25) is 9.59 Å². The fourth-order valence-corrected chi connectivity index (χ4v) is 6.04. The molecule has 23 heteroatoms. The van der Waals surface area contributed by atoms with E-state index in [1.54, 1.807) is 0 Å². The minimum Gasteiger partial charge on any atom is -0.469 e. The predicted molar refractivity (Wildman–Crippen MR) is 174 cm³/mol. The van der Waals surface area contributed by atoms with Gasteiger partial charge in [-0.25, -0.2) is 4.79 Å². The quantitative estimate of drug-likeness (QED) is 0.0546. The van der Waals surface area contributed by atoms with Crippen LogP contribution in [0.4, 0.5) is 0 Å². The molecule has 318 valence electrons. The largest absolute Gasteiger partial charge is 0.469 e. The Labute approximate surface area is 318 Å². The maximum Gasteiger partial charge on any atom is 0.339 e. The number of carbonyl (C=O) groups excluding carboxylic acids is 3. The van der Waals surface area contributed by atoms with E-state index in [1.807, 2.05) is 0 Å². The Morgan fingerprint density at radius 3 is 1.50 bits per heavy atom. The zero-order chi connectivity index (χ0) is 41.5. The predicted octanol–water partition coefficient (Wildman–Crippen LogP) is -6.59. The number of aliphatic hydroxyl groups is 11. The number of hydrogen-bond acceptors (Lipinski definition) is 23. The van der Waals surface area contributed by atoms with Crippen molar-refractivity contribution in [1.29, 1.82) is 0 Å². The minimum absolute atomic E-state index is 0.0225. The summed E-state index contributed by atoms with van der Waals surface area (Å²) in [6.07, 6.45) is -28.3. The number of ether oxygens (including phenoxy) is 9. The minimum atomic E-state index is -2.58. The molecular weight excluding hydrogens is 764 g/mol. The molecule has 0 radical (unpaired) electrons. The SMILES string of the molecule is COC(=O)CC(O)(CC(=O)OC)C(=O)OCc1ccc(O[C@@H]2O[C@H](CO)[C@@H](O)[C@H](O[C@@H]3O[C@H](CO)[C@@H](O)[C@H](O[C@@H]4O[C@H](CO)[C@@H](O)[C@H](O)[C@H]4O)[C@H]3O)[C@H]2O)cc1. The third-order valence-electron chi connectivity index (χ3n) is 9.33. The molecule has 0 spiro atoms. The Morgan fingerprint density at radius 1 is 0.607 bits per heavy atom. The molecule has 23 nitrogen and oxygen atoms in total. The molecule has 3 aliphatic rings. The van der Waals surface area contributed by atoms with Gasteiger partial charge in [0, 0.05) is 0 Å². The average molecular weight is 813 g/mol. The highest BCUT2D eigenvalue weighted by atomic mass is 16.8. The number of carbonyl (C=O) groups is 3. The van der Waals surface area contributed by atoms with Gasteiger partial charge >= 0.3 is 17.9 Å². The number of rotatable bonds is 16. The van der Waals surface area contributed by atoms with Gasteiger partial charge in [-0.2, -0.15) is 0 Å². The summed E-state index contributed by atoms with van der Waals surface area (Å²) in [4.78, 5) is 36.2. The van der Waals surface area contributed by atoms with E-state index in [-0.39, 0.29) is 5.75 Å². The average Bonchev–Trinajstić information content (AvgIpc) is 3.19. The monoisotopic (exact) mass is 812 g/mol. The van der Waals surface area contributed by atoms with Gasteiger partial charge in [0.05, 0.1) is 46.9 Å². The van der Waals surface area contributed by atoms with Gasteiger partial charge in [-0.15, -0.1) is 0 Å². The highest BCUT2D eigenvalue weighted by molar-refractivity contribution is 5.90. The van der Waals surface area contributed by atoms with Gasteiger partial charge in [-0.1, -0.05) is 12.1 Å². The van der Waals surface area contributed by atoms with Gasteiger partial charge in [-0.05, 0) is 17.7 Å². The maximum absolute atomic E-state index is 12.7. The van der Waals surface area contributed by atoms with Gasteiger partial charge in [0.2, 0.25) is 6.29 Å². The lowest BCUT2D eigenvalue weighted by molar-refractivity contribution is -0.378. The fourth-order valence-electron chi connectivity index (χ4n) is 6.04. The Morgan fingerprint density at radius 2 is 1.04 bits per heavy atom. The van der Waals surface area contributed by atoms with Crippen LogP contribution in [0.5, 0.6) is 5.75 Å². The molecule has 3 fully saturated rings. The lowest BCUT2D eigenvalue weighted by Gasteiger charge is -2.48. The molecule has 56 heavy (non-hydrogen) atoms. The van der Waals surface area contributed by atoms with E-state index in [0.717, 1.165) is 14.2 Å². The molecule has 4 rings (SSSR count). The van der Waals surface area contributed by atoms with E-state index in [4.69, 9.17) is 33.2 Å². The van der Waals surface area contributed by atoms with Crippen LogP contribution in [0.1, 0.15) is 18.4 Å². The molecule has 0 bridgehead atoms. The fraction of sp³-hybridized carbons (Fsp3) is 0.727. The molecule has 3 heterocycles. The van der Waals surface area contributed by atoms with Crippen molar-refractivity contribution in [1.82, 2.24) is 0 Å². The maximum atomic E-state index is 12.7. The van der Waals surface area contributed by atoms with Crippen molar-refractivity contribution < 1.29 is 113 Å². The van der Waals surface area contributed by atoms with Gasteiger partial charge in [0.1, 0.15) is 85.6 Å². The summed E-state index contributed by atoms with van der Waals surface area (Å²) in [5.41, 5.74) is -2.26. The number of hydrogen-bond donors (Lipinski definition) is 11. The number of aliphatic hydroxyl groups excluding tert-OH is 10. The number of esters is 3. The Balaban J connectivity index is 1.44. The van der Waals surface area contributed by atoms with Crippen LogP contribution in [0.3, 0.4) is 0 Å². The molecule has 1 aromatic carbocycles. The molecule has 0 amide bonds. The normalized spacial score (nSPS) is 36.3. The third kappa shape index (κ3) is 10.4. The first kappa shape index (κ1) is 45.5. The summed E-state index contributed by atoms with van der Waals surface area (Å²) in [6.45, 7) is -2.97. The first-order valence-corrected chi connectivity index (χ1v) is 17.2. The Bertz CT molecular complexity index is 1410. The zero-order valence-corrected chi connectivity index (χ0v) is 30.0. The van der Waals surface area contributed by atoms with Crippen LogP contribution in [-0.4, -0.2) is 206 Å². The standard InChI is InChI=1S/C33H48O23/c1-48-18(37)7-33(47,8-19(38)49-2)32(46)50-12-13-3-5-14(6-4-13)51-30-25(44)27(21(40)16(10-35)53-30)56-31-26(45)28(22(41)17(11-36)54-31)55-29-24(43)23(42)20(39)15(9-34)52-29/h3-6,15-17,20-31,34-36,39-45,47H,7-12H2,1-2H3/t15-,16-,17-,20-,21-,22-,23+,24-,25-,26-,27+,28+,29+,30-,31+/m1/s1. The summed E-state index contributed by atoms with van der Waals surface area (Å²) in [6, 6.07) is 5.47. The third-order valence-corrected chi connectivity index (χ3v) is 9.33. The van der Waals surface area contributed by atoms with Gasteiger partial charge in [0.25, 0.3) is 0 Å². The van der Waals surface area contributed by atoms with Crippen molar-refractivity contribution in [3.8, 4) is 5.75 Å². The summed E-state index contributed by atoms with van der Waals surface area (Å²) < 4.78 is 47.4. The van der Waals surface area contributed by atoms with Crippen LogP contribution in [-0.2, 0) is 58.9 Å². The molecule has 0 aromatic heterocycles. The van der Waals surface area contributed by atoms with Crippen molar-refractivity contribution in [2.24, 2.45) is 0 Å². The first-order valence-electron chi connectivity index (χ1n) is 17.2. The summed E-state index contributed by atoms with van der Waals surface area (Å²) in [5, 5.41) is 115. The molecule has 0 saturated carbocycles. The van der Waals surface area contributed by atoms with Gasteiger partial charge < -0.3 is 98.8 Å². The van der Waals surface area contributed by atoms with Crippen LogP contribution in [0.25, 0.3) is 0 Å². The second kappa shape index (κ2) is 20.0. The van der Waals surface area contributed by atoms with E-state index in [9.17, 15) is 70.6 Å². The Kier molecular flexibility index (Phi) is 16.2. The molecule has 0 aliphatic carbocycles. The molecule has 3 saturated heterocycles. The van der Waals surface area contributed by atoms with Crippen LogP contribution >= 0.6 is 0 Å². The van der Waals surface area contributed by atoms with E-state index in [0.29, 0.717) is 5.56 Å². The molecule has 15 atom stereocenters. The molecule has 11 N–H and O–H groups in total. The number of benzene rings is 1. The van der Waals surface area contributed by atoms with E-state index >= 15 is 0 Å². The smallest absolute Gasteiger partial charge is 0.339 e. The van der Waals surface area contributed by atoms with E-state index in [1.165, 1.54) is 24.3 Å². The van der Waals surface area contributed by atoms with Crippen molar-refractivity contribution in [3.05, 3.63) is 29.8 Å². The summed E-state index contributed by atoms with van der Waals surface area (Å²) >= 11 is 0. The van der Waals surface area contributed by atoms with Crippen LogP contribution in [0, 0.1) is 0 Å². The zero-order valence-electron chi connectivity index (χ0n) is 30.0. The summed E-state index contributed by atoms with van der Waals surface area (Å²) in [7, 11) is 2.04. The Hall–Kier alpha value is -3.21. The highest BCUT2D eigenvalue weighted by Crippen LogP contribution is 2.33. The second-order valence-corrected chi connectivity index (χ2v) is 13.2. The lowest BCUT2D eigenvalue weighted by atomic mass is 9.95. The summed E-state index contributed by atoms with van der Waals surface area (Å²) in [5.74, 6) is -3.28. The van der Waals surface area contributed by atoms with Crippen LogP contribution < -0.4 is 4.74 Å². The van der Waals surface area contributed by atoms with Crippen molar-refractivity contribution in [3.63, 3.8) is 0 Å². The van der Waals surface area contributed by atoms with Crippen molar-refractivity contribution in [2.75, 3.05) is 34.0 Å². The van der Waals surface area contributed by atoms with Crippen molar-refractivity contribution in [2.45, 2.75) is 117 Å². The number of methoxy groups -OCH3 is 2. The van der Waals surface area contributed by atoms with E-state index in [2.05, 4.69) is 9.47 Å². The highest BCUT2D eigenvalue weighted by Gasteiger charge is 2.54. The van der Waals surface area contributed by atoms with Crippen LogP contribution in [0.2, 0.25) is 0 Å². The lowest BCUT2D eigenvalue weighted by Crippen LogP contribution is -2.67. The van der Waals surface area contributed by atoms with Crippen molar-refractivity contribution >= 4 is 17.9 Å².